The maximum Gasteiger partial charge on any atom is 0.419 e. The molecule has 3 rings (SSSR count). The van der Waals surface area contributed by atoms with Crippen LogP contribution < -0.4 is 0 Å². The number of methoxy groups -OCH3 is 1. The fraction of sp³-hybridized carbons (Fsp3) is 0.609. The van der Waals surface area contributed by atoms with E-state index in [1.807, 2.05) is 0 Å². The smallest absolute Gasteiger partial charge is 0.419 e. The molecule has 0 bridgehead atoms. The van der Waals surface area contributed by atoms with Crippen LogP contribution >= 0.6 is 0 Å². The van der Waals surface area contributed by atoms with Gasteiger partial charge in [0, 0.05) is 25.9 Å². The van der Waals surface area contributed by atoms with Gasteiger partial charge in [0.2, 0.25) is 0 Å². The Morgan fingerprint density at radius 2 is 1.88 bits per heavy atom. The third kappa shape index (κ3) is 6.13. The standard InChI is InChI=1S/C23H31NO9S/c1-23(2,3)33-22(27)24-13-15(31-21(24)26)12-19-20(30-4)17(18(32-19)10-11-25)14-34(28,29)16-8-6-5-7-9-16/h5-9,11,15,17-20H,10,12-14H2,1-4H3/t15-,17-,18-,19+,20+/m0/s1. The first-order valence-corrected chi connectivity index (χ1v) is 12.7. The monoisotopic (exact) mass is 497 g/mol. The third-order valence-corrected chi connectivity index (χ3v) is 7.53. The Morgan fingerprint density at radius 1 is 1.21 bits per heavy atom. The Hall–Kier alpha value is -2.50. The lowest BCUT2D eigenvalue weighted by atomic mass is 9.94. The predicted molar refractivity (Wildman–Crippen MR) is 120 cm³/mol. The fourth-order valence-electron chi connectivity index (χ4n) is 4.28. The number of hydrogen-bond donors (Lipinski definition) is 0. The third-order valence-electron chi connectivity index (χ3n) is 5.71. The molecule has 0 aliphatic carbocycles. The van der Waals surface area contributed by atoms with E-state index in [2.05, 4.69) is 0 Å². The van der Waals surface area contributed by atoms with Crippen LogP contribution in [0.3, 0.4) is 0 Å². The number of rotatable bonds is 8. The topological polar surface area (TPSA) is 126 Å². The Kier molecular flexibility index (Phi) is 7.99. The Labute approximate surface area is 199 Å². The van der Waals surface area contributed by atoms with Crippen LogP contribution in [0.25, 0.3) is 0 Å². The van der Waals surface area contributed by atoms with Crippen molar-refractivity contribution in [2.45, 2.75) is 68.5 Å². The van der Waals surface area contributed by atoms with Gasteiger partial charge < -0.3 is 23.7 Å². The van der Waals surface area contributed by atoms with Gasteiger partial charge in [0.1, 0.15) is 18.0 Å². The molecule has 188 valence electrons. The van der Waals surface area contributed by atoms with Gasteiger partial charge in [0.05, 0.1) is 35.5 Å². The van der Waals surface area contributed by atoms with Crippen molar-refractivity contribution in [1.82, 2.24) is 4.90 Å². The van der Waals surface area contributed by atoms with Crippen LogP contribution in [0.2, 0.25) is 0 Å². The van der Waals surface area contributed by atoms with Gasteiger partial charge in [-0.05, 0) is 32.9 Å². The zero-order chi connectivity index (χ0) is 25.1. The second-order valence-corrected chi connectivity index (χ2v) is 11.4. The highest BCUT2D eigenvalue weighted by Crippen LogP contribution is 2.36. The summed E-state index contributed by atoms with van der Waals surface area (Å²) in [6.45, 7) is 5.04. The minimum Gasteiger partial charge on any atom is -0.444 e. The Morgan fingerprint density at radius 3 is 2.47 bits per heavy atom. The first kappa shape index (κ1) is 26.1. The van der Waals surface area contributed by atoms with Gasteiger partial charge in [-0.15, -0.1) is 0 Å². The van der Waals surface area contributed by atoms with Gasteiger partial charge in [-0.3, -0.25) is 0 Å². The number of aldehydes is 1. The van der Waals surface area contributed by atoms with E-state index in [0.29, 0.717) is 6.29 Å². The largest absolute Gasteiger partial charge is 0.444 e. The van der Waals surface area contributed by atoms with Crippen molar-refractivity contribution in [1.29, 1.82) is 0 Å². The van der Waals surface area contributed by atoms with E-state index in [9.17, 15) is 22.8 Å². The van der Waals surface area contributed by atoms with Crippen LogP contribution in [0.5, 0.6) is 0 Å². The van der Waals surface area contributed by atoms with Crippen LogP contribution in [0.15, 0.2) is 35.2 Å². The van der Waals surface area contributed by atoms with E-state index in [4.69, 9.17) is 18.9 Å². The number of sulfone groups is 1. The summed E-state index contributed by atoms with van der Waals surface area (Å²) in [5.41, 5.74) is -0.773. The SMILES string of the molecule is CO[C@@H]1[C@@H](CS(=O)(=O)c2ccccc2)[C@H](CC=O)O[C@@H]1C[C@H]1CN(C(=O)OC(C)(C)C)C(=O)O1. The lowest BCUT2D eigenvalue weighted by molar-refractivity contribution is -0.110. The zero-order valence-electron chi connectivity index (χ0n) is 19.7. The summed E-state index contributed by atoms with van der Waals surface area (Å²) in [6, 6.07) is 8.04. The number of benzene rings is 1. The molecule has 0 spiro atoms. The Balaban J connectivity index is 1.72. The molecule has 5 atom stereocenters. The molecule has 10 nitrogen and oxygen atoms in total. The number of carbonyl (C=O) groups excluding carboxylic acids is 3. The predicted octanol–water partition coefficient (Wildman–Crippen LogP) is 2.59. The van der Waals surface area contributed by atoms with Gasteiger partial charge in [0.15, 0.2) is 9.84 Å². The van der Waals surface area contributed by atoms with Gasteiger partial charge in [0.25, 0.3) is 0 Å². The molecule has 0 N–H and O–H groups in total. The second kappa shape index (κ2) is 10.4. The van der Waals surface area contributed by atoms with Gasteiger partial charge >= 0.3 is 12.2 Å². The van der Waals surface area contributed by atoms with Crippen LogP contribution in [0, 0.1) is 5.92 Å². The van der Waals surface area contributed by atoms with Crippen molar-refractivity contribution in [2.24, 2.45) is 5.92 Å². The van der Waals surface area contributed by atoms with E-state index in [1.54, 1.807) is 39.0 Å². The minimum atomic E-state index is -3.67. The van der Waals surface area contributed by atoms with E-state index in [-0.39, 0.29) is 30.0 Å². The molecule has 0 radical (unpaired) electrons. The molecular weight excluding hydrogens is 466 g/mol. The summed E-state index contributed by atoms with van der Waals surface area (Å²) in [7, 11) is -2.22. The quantitative estimate of drug-likeness (QED) is 0.498. The molecule has 0 aromatic heterocycles. The first-order valence-electron chi connectivity index (χ1n) is 11.1. The molecule has 34 heavy (non-hydrogen) atoms. The number of nitrogens with zero attached hydrogens (tertiary/aromatic N) is 1. The average Bonchev–Trinajstić information content (AvgIpc) is 3.27. The molecule has 2 saturated heterocycles. The molecule has 2 aliphatic rings. The molecular formula is C23H31NO9S. The zero-order valence-corrected chi connectivity index (χ0v) is 20.5. The summed E-state index contributed by atoms with van der Waals surface area (Å²) in [4.78, 5) is 36.8. The van der Waals surface area contributed by atoms with E-state index in [1.165, 1.54) is 19.2 Å². The molecule has 1 aromatic carbocycles. The number of cyclic esters (lactones) is 1. The highest BCUT2D eigenvalue weighted by molar-refractivity contribution is 7.91. The van der Waals surface area contributed by atoms with Crippen LogP contribution in [-0.4, -0.2) is 81.2 Å². The molecule has 2 amide bonds. The lowest BCUT2D eigenvalue weighted by Gasteiger charge is -2.24. The van der Waals surface area contributed by atoms with Crippen molar-refractivity contribution < 1.29 is 41.7 Å². The number of imide groups is 1. The van der Waals surface area contributed by atoms with Crippen molar-refractivity contribution in [3.63, 3.8) is 0 Å². The minimum absolute atomic E-state index is 0.000174. The van der Waals surface area contributed by atoms with E-state index < -0.39 is 58.0 Å². The van der Waals surface area contributed by atoms with Gasteiger partial charge in [-0.1, -0.05) is 18.2 Å². The van der Waals surface area contributed by atoms with Crippen LogP contribution in [-0.2, 0) is 33.6 Å². The molecule has 11 heteroatoms. The highest BCUT2D eigenvalue weighted by Gasteiger charge is 2.49. The first-order chi connectivity index (χ1) is 15.9. The van der Waals surface area contributed by atoms with Crippen molar-refractivity contribution in [2.75, 3.05) is 19.4 Å². The molecule has 2 fully saturated rings. The van der Waals surface area contributed by atoms with Crippen molar-refractivity contribution in [3.05, 3.63) is 30.3 Å². The summed E-state index contributed by atoms with van der Waals surface area (Å²) in [5.74, 6) is -0.872. The molecule has 0 unspecified atom stereocenters. The maximum absolute atomic E-state index is 13.0. The summed E-state index contributed by atoms with van der Waals surface area (Å²) >= 11 is 0. The number of ether oxygens (including phenoxy) is 4. The highest BCUT2D eigenvalue weighted by atomic mass is 32.2. The molecule has 1 aromatic rings. The molecule has 2 aliphatic heterocycles. The summed E-state index contributed by atoms with van der Waals surface area (Å²) < 4.78 is 48.2. The van der Waals surface area contributed by atoms with Crippen molar-refractivity contribution in [3.8, 4) is 0 Å². The average molecular weight is 498 g/mol. The second-order valence-electron chi connectivity index (χ2n) is 9.41. The lowest BCUT2D eigenvalue weighted by Crippen LogP contribution is -2.38. The van der Waals surface area contributed by atoms with E-state index >= 15 is 0 Å². The number of amides is 2. The number of hydrogen-bond acceptors (Lipinski definition) is 9. The number of carbonyl (C=O) groups is 3. The summed E-state index contributed by atoms with van der Waals surface area (Å²) in [6.07, 6.45) is -3.43. The normalized spacial score (nSPS) is 27.5. The van der Waals surface area contributed by atoms with Crippen LogP contribution in [0.4, 0.5) is 9.59 Å². The fourth-order valence-corrected chi connectivity index (χ4v) is 5.96. The van der Waals surface area contributed by atoms with Gasteiger partial charge in [-0.2, -0.15) is 0 Å². The van der Waals surface area contributed by atoms with Crippen molar-refractivity contribution >= 4 is 28.3 Å². The van der Waals surface area contributed by atoms with Gasteiger partial charge in [-0.25, -0.2) is 22.9 Å². The molecule has 0 saturated carbocycles. The molecule has 2 heterocycles. The summed E-state index contributed by atoms with van der Waals surface area (Å²) in [5, 5.41) is 0. The van der Waals surface area contributed by atoms with E-state index in [0.717, 1.165) is 4.90 Å². The Bertz CT molecular complexity index is 989. The maximum atomic E-state index is 13.0. The van der Waals surface area contributed by atoms with Crippen LogP contribution in [0.1, 0.15) is 33.6 Å².